The van der Waals surface area contributed by atoms with Crippen LogP contribution in [0.25, 0.3) is 0 Å². The van der Waals surface area contributed by atoms with Gasteiger partial charge >= 0.3 is 0 Å². The average molecular weight is 315 g/mol. The first-order valence-electron chi connectivity index (χ1n) is 7.92. The Balaban J connectivity index is 2.18. The van der Waals surface area contributed by atoms with E-state index >= 15 is 0 Å². The molecule has 2 aromatic rings. The van der Waals surface area contributed by atoms with E-state index in [1.54, 1.807) is 41.4 Å². The number of anilines is 2. The first kappa shape index (κ1) is 16.9. The molecule has 4 nitrogen and oxygen atoms in total. The van der Waals surface area contributed by atoms with Gasteiger partial charge < -0.3 is 10.2 Å². The predicted molar refractivity (Wildman–Crippen MR) is 90.4 cm³/mol. The molecule has 0 bridgehead atoms. The number of nitrogens with zero attached hydrogens (tertiary/aromatic N) is 2. The molecule has 2 rings (SSSR count). The number of para-hydroxylation sites is 1. The van der Waals surface area contributed by atoms with Crippen LogP contribution in [0.2, 0.25) is 0 Å². The smallest absolute Gasteiger partial charge is 0.272 e. The lowest BCUT2D eigenvalue weighted by Crippen LogP contribution is -2.33. The molecule has 1 heterocycles. The standard InChI is InChI=1S/C18H22FN3O/c1-3-11-22(12-4-2)18(23)17-13-14(9-10-20-17)21-16-8-6-5-7-15(16)19/h5-10,13H,3-4,11-12H2,1-2H3,(H,20,21). The first-order valence-corrected chi connectivity index (χ1v) is 7.92. The SMILES string of the molecule is CCCN(CCC)C(=O)c1cc(Nc2ccccc2F)ccn1. The van der Waals surface area contributed by atoms with Crippen LogP contribution in [0.4, 0.5) is 15.8 Å². The van der Waals surface area contributed by atoms with E-state index < -0.39 is 0 Å². The van der Waals surface area contributed by atoms with Gasteiger partial charge in [0, 0.05) is 25.0 Å². The average Bonchev–Trinajstić information content (AvgIpc) is 2.56. The van der Waals surface area contributed by atoms with Gasteiger partial charge in [-0.25, -0.2) is 4.39 Å². The second-order valence-electron chi connectivity index (χ2n) is 5.33. The normalized spacial score (nSPS) is 10.4. The first-order chi connectivity index (χ1) is 11.2. The van der Waals surface area contributed by atoms with Gasteiger partial charge in [-0.3, -0.25) is 9.78 Å². The summed E-state index contributed by atoms with van der Waals surface area (Å²) in [5, 5.41) is 2.98. The minimum Gasteiger partial charge on any atom is -0.353 e. The zero-order chi connectivity index (χ0) is 16.7. The molecule has 0 saturated carbocycles. The molecule has 1 aromatic heterocycles. The number of carbonyl (C=O) groups is 1. The topological polar surface area (TPSA) is 45.2 Å². The molecular formula is C18H22FN3O. The lowest BCUT2D eigenvalue weighted by molar-refractivity contribution is 0.0749. The number of aromatic nitrogens is 1. The van der Waals surface area contributed by atoms with Crippen molar-refractivity contribution in [3.63, 3.8) is 0 Å². The fourth-order valence-electron chi connectivity index (χ4n) is 2.36. The van der Waals surface area contributed by atoms with Crippen LogP contribution in [0.15, 0.2) is 42.6 Å². The van der Waals surface area contributed by atoms with E-state index in [0.717, 1.165) is 12.8 Å². The molecular weight excluding hydrogens is 293 g/mol. The van der Waals surface area contributed by atoms with Gasteiger partial charge in [0.2, 0.25) is 0 Å². The Morgan fingerprint density at radius 2 is 1.87 bits per heavy atom. The van der Waals surface area contributed by atoms with E-state index in [1.807, 2.05) is 13.8 Å². The van der Waals surface area contributed by atoms with Gasteiger partial charge in [0.25, 0.3) is 5.91 Å². The molecule has 23 heavy (non-hydrogen) atoms. The Morgan fingerprint density at radius 1 is 1.17 bits per heavy atom. The molecule has 0 saturated heterocycles. The molecule has 0 aliphatic heterocycles. The Labute approximate surface area is 136 Å². The van der Waals surface area contributed by atoms with Gasteiger partial charge in [0.05, 0.1) is 5.69 Å². The number of nitrogens with one attached hydrogen (secondary N) is 1. The third-order valence-corrected chi connectivity index (χ3v) is 3.41. The van der Waals surface area contributed by atoms with E-state index in [4.69, 9.17) is 0 Å². The van der Waals surface area contributed by atoms with Crippen LogP contribution in [0, 0.1) is 5.82 Å². The van der Waals surface area contributed by atoms with Crippen molar-refractivity contribution in [1.82, 2.24) is 9.88 Å². The van der Waals surface area contributed by atoms with Gasteiger partial charge in [-0.15, -0.1) is 0 Å². The maximum absolute atomic E-state index is 13.7. The van der Waals surface area contributed by atoms with Gasteiger partial charge in [-0.05, 0) is 37.1 Å². The molecule has 0 fully saturated rings. The predicted octanol–water partition coefficient (Wildman–Crippen LogP) is 4.23. The van der Waals surface area contributed by atoms with E-state index in [9.17, 15) is 9.18 Å². The van der Waals surface area contributed by atoms with Crippen molar-refractivity contribution in [1.29, 1.82) is 0 Å². The maximum Gasteiger partial charge on any atom is 0.272 e. The third-order valence-electron chi connectivity index (χ3n) is 3.41. The monoisotopic (exact) mass is 315 g/mol. The Hall–Kier alpha value is -2.43. The largest absolute Gasteiger partial charge is 0.353 e. The quantitative estimate of drug-likeness (QED) is 0.832. The zero-order valence-electron chi connectivity index (χ0n) is 13.6. The zero-order valence-corrected chi connectivity index (χ0v) is 13.6. The van der Waals surface area contributed by atoms with Crippen LogP contribution in [0.5, 0.6) is 0 Å². The van der Waals surface area contributed by atoms with Crippen molar-refractivity contribution in [2.75, 3.05) is 18.4 Å². The van der Waals surface area contributed by atoms with Crippen LogP contribution in [-0.4, -0.2) is 28.9 Å². The van der Waals surface area contributed by atoms with E-state index in [1.165, 1.54) is 6.07 Å². The van der Waals surface area contributed by atoms with Gasteiger partial charge in [0.15, 0.2) is 0 Å². The summed E-state index contributed by atoms with van der Waals surface area (Å²) >= 11 is 0. The second-order valence-corrected chi connectivity index (χ2v) is 5.33. The third kappa shape index (κ3) is 4.52. The molecule has 122 valence electrons. The Bertz CT molecular complexity index is 654. The molecule has 0 spiro atoms. The number of pyridine rings is 1. The summed E-state index contributed by atoms with van der Waals surface area (Å²) in [6, 6.07) is 9.80. The fraction of sp³-hybridized carbons (Fsp3) is 0.333. The van der Waals surface area contributed by atoms with Crippen LogP contribution >= 0.6 is 0 Å². The highest BCUT2D eigenvalue weighted by Crippen LogP contribution is 2.20. The van der Waals surface area contributed by atoms with Crippen molar-refractivity contribution in [2.45, 2.75) is 26.7 Å². The van der Waals surface area contributed by atoms with Crippen LogP contribution < -0.4 is 5.32 Å². The number of amides is 1. The lowest BCUT2D eigenvalue weighted by atomic mass is 10.2. The van der Waals surface area contributed by atoms with Crippen LogP contribution in [0.3, 0.4) is 0 Å². The van der Waals surface area contributed by atoms with Crippen molar-refractivity contribution in [2.24, 2.45) is 0 Å². The molecule has 0 aliphatic carbocycles. The summed E-state index contributed by atoms with van der Waals surface area (Å²) in [7, 11) is 0. The molecule has 0 radical (unpaired) electrons. The number of benzene rings is 1. The maximum atomic E-state index is 13.7. The van der Waals surface area contributed by atoms with Gasteiger partial charge in [-0.2, -0.15) is 0 Å². The summed E-state index contributed by atoms with van der Waals surface area (Å²) in [6.07, 6.45) is 3.37. The molecule has 0 atom stereocenters. The molecule has 1 amide bonds. The minimum atomic E-state index is -0.337. The lowest BCUT2D eigenvalue weighted by Gasteiger charge is -2.21. The fourth-order valence-corrected chi connectivity index (χ4v) is 2.36. The minimum absolute atomic E-state index is 0.0918. The highest BCUT2D eigenvalue weighted by atomic mass is 19.1. The van der Waals surface area contributed by atoms with Crippen molar-refractivity contribution >= 4 is 17.3 Å². The summed E-state index contributed by atoms with van der Waals surface area (Å²) in [4.78, 5) is 18.5. The van der Waals surface area contributed by atoms with Crippen molar-refractivity contribution in [3.05, 3.63) is 54.1 Å². The highest BCUT2D eigenvalue weighted by Gasteiger charge is 2.16. The van der Waals surface area contributed by atoms with Gasteiger partial charge in [-0.1, -0.05) is 26.0 Å². The molecule has 1 N–H and O–H groups in total. The highest BCUT2D eigenvalue weighted by molar-refractivity contribution is 5.93. The number of hydrogen-bond acceptors (Lipinski definition) is 3. The van der Waals surface area contributed by atoms with E-state index in [-0.39, 0.29) is 11.7 Å². The van der Waals surface area contributed by atoms with E-state index in [2.05, 4.69) is 10.3 Å². The van der Waals surface area contributed by atoms with Crippen LogP contribution in [-0.2, 0) is 0 Å². The molecule has 1 aromatic carbocycles. The van der Waals surface area contributed by atoms with Crippen LogP contribution in [0.1, 0.15) is 37.2 Å². The van der Waals surface area contributed by atoms with E-state index in [0.29, 0.717) is 30.2 Å². The summed E-state index contributed by atoms with van der Waals surface area (Å²) in [6.45, 7) is 5.50. The second kappa shape index (κ2) is 8.27. The Morgan fingerprint density at radius 3 is 2.52 bits per heavy atom. The molecule has 0 aliphatic rings. The number of carbonyl (C=O) groups excluding carboxylic acids is 1. The molecule has 0 unspecified atom stereocenters. The summed E-state index contributed by atoms with van der Waals surface area (Å²) in [5.74, 6) is -0.429. The van der Waals surface area contributed by atoms with Crippen molar-refractivity contribution < 1.29 is 9.18 Å². The number of hydrogen-bond donors (Lipinski definition) is 1. The van der Waals surface area contributed by atoms with Gasteiger partial charge in [0.1, 0.15) is 11.5 Å². The number of halogens is 1. The summed E-state index contributed by atoms with van der Waals surface area (Å²) in [5.41, 5.74) is 1.38. The Kier molecular flexibility index (Phi) is 6.09. The summed E-state index contributed by atoms with van der Waals surface area (Å²) < 4.78 is 13.7. The number of rotatable bonds is 7. The molecule has 5 heteroatoms. The van der Waals surface area contributed by atoms with Crippen molar-refractivity contribution in [3.8, 4) is 0 Å².